The number of pyridine rings is 1. The van der Waals surface area contributed by atoms with Crippen molar-refractivity contribution in [3.05, 3.63) is 35.4 Å². The molecule has 1 aromatic carbocycles. The van der Waals surface area contributed by atoms with Crippen LogP contribution in [-0.4, -0.2) is 22.3 Å². The molecule has 3 N–H and O–H groups in total. The maximum absolute atomic E-state index is 10.0. The zero-order valence-electron chi connectivity index (χ0n) is 14.0. The summed E-state index contributed by atoms with van der Waals surface area (Å²) >= 11 is 4.20. The van der Waals surface area contributed by atoms with Gasteiger partial charge in [-0.15, -0.1) is 12.6 Å². The third-order valence-corrected chi connectivity index (χ3v) is 4.85. The first-order chi connectivity index (χ1) is 12.5. The highest BCUT2D eigenvalue weighted by Gasteiger charge is 2.25. The number of hydrogen-bond donors (Lipinski definition) is 3. The fourth-order valence-corrected chi connectivity index (χ4v) is 3.46. The number of thiol groups is 1. The van der Waals surface area contributed by atoms with Crippen LogP contribution in [-0.2, 0) is 0 Å². The number of hydrogen-bond acceptors (Lipinski definition) is 7. The van der Waals surface area contributed by atoms with Gasteiger partial charge in [0.05, 0.1) is 11.7 Å². The first kappa shape index (κ1) is 18.1. The van der Waals surface area contributed by atoms with Crippen molar-refractivity contribution in [2.24, 2.45) is 0 Å². The molecule has 3 rings (SSSR count). The number of nitrogens with zero attached hydrogens (tertiary/aromatic N) is 3. The summed E-state index contributed by atoms with van der Waals surface area (Å²) in [5, 5.41) is 29.1. The minimum atomic E-state index is -0.453. The van der Waals surface area contributed by atoms with Crippen molar-refractivity contribution in [1.29, 1.82) is 10.5 Å². The number of aromatic nitrogens is 1. The summed E-state index contributed by atoms with van der Waals surface area (Å²) in [6.07, 6.45) is 2.97. The molecule has 1 aromatic heterocycles. The summed E-state index contributed by atoms with van der Waals surface area (Å²) in [4.78, 5) is 3.95. The second kappa shape index (κ2) is 7.65. The number of ether oxygens (including phenoxy) is 1. The van der Waals surface area contributed by atoms with E-state index in [9.17, 15) is 15.6 Å². The second-order valence-corrected chi connectivity index (χ2v) is 6.63. The van der Waals surface area contributed by atoms with Gasteiger partial charge in [-0.1, -0.05) is 18.6 Å². The lowest BCUT2D eigenvalue weighted by Crippen LogP contribution is -2.34. The number of nitrogens with two attached hydrogens (primary N) is 1. The van der Waals surface area contributed by atoms with Gasteiger partial charge in [0.25, 0.3) is 0 Å². The molecule has 132 valence electrons. The van der Waals surface area contributed by atoms with Crippen molar-refractivity contribution in [2.75, 3.05) is 5.73 Å². The van der Waals surface area contributed by atoms with E-state index in [4.69, 9.17) is 10.5 Å². The van der Waals surface area contributed by atoms with Gasteiger partial charge in [0.1, 0.15) is 40.4 Å². The monoisotopic (exact) mass is 366 g/mol. The average Bonchev–Trinajstić information content (AvgIpc) is 2.64. The average molecular weight is 366 g/mol. The molecule has 2 unspecified atom stereocenters. The number of rotatable bonds is 3. The van der Waals surface area contributed by atoms with Crippen LogP contribution in [0.15, 0.2) is 29.3 Å². The molecule has 0 radical (unpaired) electrons. The normalized spacial score (nSPS) is 19.4. The fourth-order valence-electron chi connectivity index (χ4n) is 3.19. The summed E-state index contributed by atoms with van der Waals surface area (Å²) in [6.45, 7) is 0. The SMILES string of the molecule is N#Cc1c(N)nc(S)c(C#N)c1-c1ccc(OC2CCCCC2O)cc1. The molecule has 1 aliphatic carbocycles. The van der Waals surface area contributed by atoms with E-state index in [2.05, 4.69) is 17.6 Å². The molecule has 2 aromatic rings. The van der Waals surface area contributed by atoms with Gasteiger partial charge in [0.15, 0.2) is 0 Å². The van der Waals surface area contributed by atoms with Crippen molar-refractivity contribution in [1.82, 2.24) is 4.98 Å². The summed E-state index contributed by atoms with van der Waals surface area (Å²) in [6, 6.07) is 11.1. The molecule has 1 aliphatic rings. The van der Waals surface area contributed by atoms with E-state index in [1.165, 1.54) is 0 Å². The van der Waals surface area contributed by atoms with Crippen LogP contribution >= 0.6 is 12.6 Å². The molecule has 7 heteroatoms. The summed E-state index contributed by atoms with van der Waals surface area (Å²) in [7, 11) is 0. The van der Waals surface area contributed by atoms with E-state index in [0.29, 0.717) is 16.9 Å². The minimum Gasteiger partial charge on any atom is -0.488 e. The van der Waals surface area contributed by atoms with Crippen LogP contribution in [0.2, 0.25) is 0 Å². The van der Waals surface area contributed by atoms with E-state index >= 15 is 0 Å². The maximum Gasteiger partial charge on any atom is 0.143 e. The van der Waals surface area contributed by atoms with Crippen molar-refractivity contribution in [3.63, 3.8) is 0 Å². The Labute approximate surface area is 157 Å². The van der Waals surface area contributed by atoms with Crippen molar-refractivity contribution in [3.8, 4) is 29.0 Å². The van der Waals surface area contributed by atoms with E-state index in [-0.39, 0.29) is 28.1 Å². The van der Waals surface area contributed by atoms with Crippen LogP contribution in [0, 0.1) is 22.7 Å². The van der Waals surface area contributed by atoms with E-state index in [0.717, 1.165) is 25.7 Å². The zero-order chi connectivity index (χ0) is 18.7. The Morgan fingerprint density at radius 1 is 1.12 bits per heavy atom. The maximum atomic E-state index is 10.0. The number of anilines is 1. The lowest BCUT2D eigenvalue weighted by Gasteiger charge is -2.28. The highest BCUT2D eigenvalue weighted by Crippen LogP contribution is 2.34. The number of nitriles is 2. The summed E-state index contributed by atoms with van der Waals surface area (Å²) in [5.74, 6) is 0.669. The van der Waals surface area contributed by atoms with Gasteiger partial charge in [0.2, 0.25) is 0 Å². The predicted octanol–water partition coefficient (Wildman–Crippen LogP) is 3.05. The van der Waals surface area contributed by atoms with Gasteiger partial charge < -0.3 is 15.6 Å². The Morgan fingerprint density at radius 2 is 1.77 bits per heavy atom. The third-order valence-electron chi connectivity index (χ3n) is 4.53. The van der Waals surface area contributed by atoms with Crippen LogP contribution in [0.25, 0.3) is 11.1 Å². The Bertz CT molecular complexity index is 861. The topological polar surface area (TPSA) is 116 Å². The number of aliphatic hydroxyl groups is 1. The third kappa shape index (κ3) is 3.45. The smallest absolute Gasteiger partial charge is 0.143 e. The zero-order valence-corrected chi connectivity index (χ0v) is 14.9. The molecule has 1 saturated carbocycles. The van der Waals surface area contributed by atoms with Gasteiger partial charge >= 0.3 is 0 Å². The van der Waals surface area contributed by atoms with Gasteiger partial charge in [0, 0.05) is 5.56 Å². The van der Waals surface area contributed by atoms with Gasteiger partial charge in [-0.25, -0.2) is 4.98 Å². The first-order valence-electron chi connectivity index (χ1n) is 8.33. The molecule has 0 amide bonds. The molecular formula is C19H18N4O2S. The predicted molar refractivity (Wildman–Crippen MR) is 99.7 cm³/mol. The van der Waals surface area contributed by atoms with Crippen molar-refractivity contribution < 1.29 is 9.84 Å². The number of aliphatic hydroxyl groups excluding tert-OH is 1. The van der Waals surface area contributed by atoms with Crippen LogP contribution in [0.5, 0.6) is 5.75 Å². The Morgan fingerprint density at radius 3 is 2.38 bits per heavy atom. The number of nitrogen functional groups attached to an aromatic ring is 1. The second-order valence-electron chi connectivity index (χ2n) is 6.20. The van der Waals surface area contributed by atoms with Crippen LogP contribution in [0.1, 0.15) is 36.8 Å². The molecule has 2 atom stereocenters. The molecular weight excluding hydrogens is 348 g/mol. The number of benzene rings is 1. The lowest BCUT2D eigenvalue weighted by atomic mass is 9.94. The molecule has 6 nitrogen and oxygen atoms in total. The van der Waals surface area contributed by atoms with Gasteiger partial charge in [-0.3, -0.25) is 0 Å². The Hall–Kier alpha value is -2.74. The molecule has 0 spiro atoms. The van der Waals surface area contributed by atoms with E-state index in [1.807, 2.05) is 12.1 Å². The standard InChI is InChI=1S/C19H18N4O2S/c20-9-13-17(14(10-21)19(26)23-18(13)22)11-5-7-12(8-6-11)25-16-4-2-1-3-15(16)24/h5-8,15-16,24H,1-4H2,(H3,22,23,26). The van der Waals surface area contributed by atoms with Gasteiger partial charge in [-0.2, -0.15) is 10.5 Å². The van der Waals surface area contributed by atoms with E-state index < -0.39 is 6.10 Å². The van der Waals surface area contributed by atoms with E-state index in [1.54, 1.807) is 24.3 Å². The highest BCUT2D eigenvalue weighted by molar-refractivity contribution is 7.80. The summed E-state index contributed by atoms with van der Waals surface area (Å²) < 4.78 is 5.89. The van der Waals surface area contributed by atoms with Gasteiger partial charge in [-0.05, 0) is 37.0 Å². The fraction of sp³-hybridized carbons (Fsp3) is 0.316. The molecule has 26 heavy (non-hydrogen) atoms. The van der Waals surface area contributed by atoms with Crippen molar-refractivity contribution >= 4 is 18.4 Å². The highest BCUT2D eigenvalue weighted by atomic mass is 32.1. The van der Waals surface area contributed by atoms with Crippen LogP contribution in [0.3, 0.4) is 0 Å². The lowest BCUT2D eigenvalue weighted by molar-refractivity contribution is 0.00688. The Kier molecular flexibility index (Phi) is 5.32. The molecule has 0 saturated heterocycles. The first-order valence-corrected chi connectivity index (χ1v) is 8.77. The molecule has 0 aliphatic heterocycles. The summed E-state index contributed by atoms with van der Waals surface area (Å²) in [5.41, 5.74) is 7.24. The minimum absolute atomic E-state index is 0.0390. The molecule has 0 bridgehead atoms. The van der Waals surface area contributed by atoms with Crippen molar-refractivity contribution in [2.45, 2.75) is 42.9 Å². The molecule has 1 heterocycles. The quantitative estimate of drug-likeness (QED) is 0.719. The van der Waals surface area contributed by atoms with Crippen LogP contribution < -0.4 is 10.5 Å². The van der Waals surface area contributed by atoms with Crippen LogP contribution in [0.4, 0.5) is 5.82 Å². The molecule has 1 fully saturated rings. The Balaban J connectivity index is 1.94. The largest absolute Gasteiger partial charge is 0.488 e.